The maximum atomic E-state index is 12.2. The Kier molecular flexibility index (Phi) is 5.78. The monoisotopic (exact) mass is 318 g/mol. The zero-order valence-electron chi connectivity index (χ0n) is 12.2. The average molecular weight is 318 g/mol. The lowest BCUT2D eigenvalue weighted by atomic mass is 10.1. The molecule has 0 spiro atoms. The Hall–Kier alpha value is -1.55. The van der Waals surface area contributed by atoms with Gasteiger partial charge in [-0.05, 0) is 31.0 Å². The zero-order chi connectivity index (χ0) is 16.2. The van der Waals surface area contributed by atoms with Crippen LogP contribution in [0.4, 0.5) is 5.69 Å². The molecule has 8 nitrogen and oxygen atoms in total. The highest BCUT2D eigenvalue weighted by Crippen LogP contribution is 2.27. The molecule has 0 amide bonds. The number of rotatable bonds is 7. The molecule has 0 aliphatic carbocycles. The number of sulfonamides is 1. The molecule has 0 aliphatic heterocycles. The molecular formula is C12H18N2O6S. The summed E-state index contributed by atoms with van der Waals surface area (Å²) in [7, 11) is -1.32. The molecule has 0 aliphatic rings. The average Bonchev–Trinajstić information content (AvgIpc) is 2.42. The van der Waals surface area contributed by atoms with Gasteiger partial charge >= 0.3 is 0 Å². The van der Waals surface area contributed by atoms with Crippen LogP contribution in [0.3, 0.4) is 0 Å². The molecular weight excluding hydrogens is 300 g/mol. The van der Waals surface area contributed by atoms with E-state index in [0.717, 1.165) is 0 Å². The van der Waals surface area contributed by atoms with Gasteiger partial charge in [-0.25, -0.2) is 13.1 Å². The summed E-state index contributed by atoms with van der Waals surface area (Å²) in [6, 6.07) is 2.53. The molecule has 118 valence electrons. The standard InChI is InChI=1S/C12H18N2O6S/c1-8-5-10(14(15)16)11(6-9(8)2)21(17,18)13-7-12(19-3)20-4/h5-6,12-13H,7H2,1-4H3. The molecule has 1 aromatic rings. The van der Waals surface area contributed by atoms with Crippen LogP contribution >= 0.6 is 0 Å². The van der Waals surface area contributed by atoms with Crippen LogP contribution in [0.25, 0.3) is 0 Å². The van der Waals surface area contributed by atoms with Crippen LogP contribution in [-0.4, -0.2) is 40.4 Å². The van der Waals surface area contributed by atoms with Gasteiger partial charge < -0.3 is 9.47 Å². The Bertz CT molecular complexity index is 625. The molecule has 1 N–H and O–H groups in total. The first kappa shape index (κ1) is 17.5. The summed E-state index contributed by atoms with van der Waals surface area (Å²) >= 11 is 0. The smallest absolute Gasteiger partial charge is 0.289 e. The van der Waals surface area contributed by atoms with Crippen molar-refractivity contribution in [3.63, 3.8) is 0 Å². The number of ether oxygens (including phenoxy) is 2. The summed E-state index contributed by atoms with van der Waals surface area (Å²) in [4.78, 5) is 9.96. The van der Waals surface area contributed by atoms with E-state index in [1.54, 1.807) is 13.8 Å². The number of hydrogen-bond acceptors (Lipinski definition) is 6. The number of methoxy groups -OCH3 is 2. The molecule has 0 unspecified atom stereocenters. The van der Waals surface area contributed by atoms with Gasteiger partial charge in [0.2, 0.25) is 10.0 Å². The van der Waals surface area contributed by atoms with E-state index in [0.29, 0.717) is 11.1 Å². The Morgan fingerprint density at radius 2 is 1.76 bits per heavy atom. The Morgan fingerprint density at radius 3 is 2.24 bits per heavy atom. The molecule has 0 bridgehead atoms. The van der Waals surface area contributed by atoms with Gasteiger partial charge in [0, 0.05) is 20.3 Å². The fourth-order valence-electron chi connectivity index (χ4n) is 1.65. The molecule has 1 rings (SSSR count). The summed E-state index contributed by atoms with van der Waals surface area (Å²) in [6.45, 7) is 3.21. The number of nitro groups is 1. The number of nitrogens with one attached hydrogen (secondary N) is 1. The van der Waals surface area contributed by atoms with Gasteiger partial charge in [-0.1, -0.05) is 0 Å². The van der Waals surface area contributed by atoms with Gasteiger partial charge in [-0.3, -0.25) is 10.1 Å². The number of hydrogen-bond donors (Lipinski definition) is 1. The summed E-state index contributed by atoms with van der Waals surface area (Å²) in [6.07, 6.45) is -0.773. The van der Waals surface area contributed by atoms with E-state index in [9.17, 15) is 18.5 Å². The number of nitro benzene ring substituents is 1. The lowest BCUT2D eigenvalue weighted by Crippen LogP contribution is -2.34. The van der Waals surface area contributed by atoms with Gasteiger partial charge in [0.1, 0.15) is 0 Å². The van der Waals surface area contributed by atoms with Crippen LogP contribution in [0.1, 0.15) is 11.1 Å². The quantitative estimate of drug-likeness (QED) is 0.458. The second-order valence-corrected chi connectivity index (χ2v) is 6.15. The summed E-state index contributed by atoms with van der Waals surface area (Å²) < 4.78 is 36.4. The molecule has 0 atom stereocenters. The van der Waals surface area contributed by atoms with Gasteiger partial charge in [0.15, 0.2) is 11.2 Å². The second kappa shape index (κ2) is 6.94. The Morgan fingerprint density at radius 1 is 1.24 bits per heavy atom. The largest absolute Gasteiger partial charge is 0.355 e. The van der Waals surface area contributed by atoms with Crippen LogP contribution in [-0.2, 0) is 19.5 Å². The van der Waals surface area contributed by atoms with Crippen molar-refractivity contribution >= 4 is 15.7 Å². The minimum absolute atomic E-state index is 0.153. The zero-order valence-corrected chi connectivity index (χ0v) is 13.1. The number of nitrogens with zero attached hydrogens (tertiary/aromatic N) is 1. The van der Waals surface area contributed by atoms with E-state index < -0.39 is 26.9 Å². The fourth-order valence-corrected chi connectivity index (χ4v) is 2.90. The van der Waals surface area contributed by atoms with Gasteiger partial charge in [-0.15, -0.1) is 0 Å². The van der Waals surface area contributed by atoms with Crippen molar-refractivity contribution < 1.29 is 22.8 Å². The molecule has 0 heterocycles. The van der Waals surface area contributed by atoms with E-state index >= 15 is 0 Å². The SMILES string of the molecule is COC(CNS(=O)(=O)c1cc(C)c(C)cc1[N+](=O)[O-])OC. The predicted octanol–water partition coefficient (Wildman–Crippen LogP) is 1.11. The van der Waals surface area contributed by atoms with Crippen molar-refractivity contribution in [3.05, 3.63) is 33.4 Å². The Balaban J connectivity index is 3.19. The molecule has 0 saturated heterocycles. The van der Waals surface area contributed by atoms with Crippen LogP contribution in [0.5, 0.6) is 0 Å². The highest BCUT2D eigenvalue weighted by Gasteiger charge is 2.27. The van der Waals surface area contributed by atoms with E-state index in [1.807, 2.05) is 0 Å². The van der Waals surface area contributed by atoms with Crippen LogP contribution < -0.4 is 4.72 Å². The first-order chi connectivity index (χ1) is 9.72. The van der Waals surface area contributed by atoms with Crippen molar-refractivity contribution in [2.24, 2.45) is 0 Å². The van der Waals surface area contributed by atoms with E-state index in [-0.39, 0.29) is 11.4 Å². The lowest BCUT2D eigenvalue weighted by molar-refractivity contribution is -0.387. The molecule has 0 fully saturated rings. The van der Waals surface area contributed by atoms with E-state index in [1.165, 1.54) is 26.4 Å². The summed E-state index contributed by atoms with van der Waals surface area (Å²) in [5, 5.41) is 11.0. The first-order valence-corrected chi connectivity index (χ1v) is 7.52. The maximum Gasteiger partial charge on any atom is 0.289 e. The highest BCUT2D eigenvalue weighted by atomic mass is 32.2. The number of benzene rings is 1. The molecule has 21 heavy (non-hydrogen) atoms. The predicted molar refractivity (Wildman–Crippen MR) is 75.6 cm³/mol. The van der Waals surface area contributed by atoms with Crippen molar-refractivity contribution in [2.75, 3.05) is 20.8 Å². The summed E-state index contributed by atoms with van der Waals surface area (Å²) in [5.74, 6) is 0. The third-order valence-corrected chi connectivity index (χ3v) is 4.48. The molecule has 0 radical (unpaired) electrons. The molecule has 9 heteroatoms. The van der Waals surface area contributed by atoms with Crippen molar-refractivity contribution in [3.8, 4) is 0 Å². The van der Waals surface area contributed by atoms with Crippen molar-refractivity contribution in [2.45, 2.75) is 25.0 Å². The minimum Gasteiger partial charge on any atom is -0.355 e. The molecule has 0 saturated carbocycles. The third-order valence-electron chi connectivity index (χ3n) is 3.03. The van der Waals surface area contributed by atoms with E-state index in [2.05, 4.69) is 4.72 Å². The van der Waals surface area contributed by atoms with Crippen molar-refractivity contribution in [1.29, 1.82) is 0 Å². The van der Waals surface area contributed by atoms with Gasteiger partial charge in [0.25, 0.3) is 5.69 Å². The summed E-state index contributed by atoms with van der Waals surface area (Å²) in [5.41, 5.74) is 0.834. The fraction of sp³-hybridized carbons (Fsp3) is 0.500. The van der Waals surface area contributed by atoms with E-state index in [4.69, 9.17) is 9.47 Å². The van der Waals surface area contributed by atoms with Gasteiger partial charge in [0.05, 0.1) is 11.5 Å². The van der Waals surface area contributed by atoms with Crippen molar-refractivity contribution in [1.82, 2.24) is 4.72 Å². The first-order valence-electron chi connectivity index (χ1n) is 6.03. The van der Waals surface area contributed by atoms with Crippen LogP contribution in [0, 0.1) is 24.0 Å². The molecule has 0 aromatic heterocycles. The lowest BCUT2D eigenvalue weighted by Gasteiger charge is -2.14. The normalized spacial score (nSPS) is 11.9. The highest BCUT2D eigenvalue weighted by molar-refractivity contribution is 7.89. The van der Waals surface area contributed by atoms with Crippen LogP contribution in [0.2, 0.25) is 0 Å². The van der Waals surface area contributed by atoms with Gasteiger partial charge in [-0.2, -0.15) is 0 Å². The third kappa shape index (κ3) is 4.21. The van der Waals surface area contributed by atoms with Crippen LogP contribution in [0.15, 0.2) is 17.0 Å². The maximum absolute atomic E-state index is 12.2. The second-order valence-electron chi connectivity index (χ2n) is 4.41. The molecule has 1 aromatic carbocycles. The Labute approximate surface area is 123 Å². The topological polar surface area (TPSA) is 108 Å². The minimum atomic E-state index is -4.04. The number of aryl methyl sites for hydroxylation is 2.